The zero-order valence-corrected chi connectivity index (χ0v) is 36.6. The third-order valence-corrected chi connectivity index (χ3v) is 11.8. The van der Waals surface area contributed by atoms with E-state index in [2.05, 4.69) is 21.3 Å². The predicted molar refractivity (Wildman–Crippen MR) is 218 cm³/mol. The lowest BCUT2D eigenvalue weighted by atomic mass is 9.97. The Kier molecular flexibility index (Phi) is 16.6. The van der Waals surface area contributed by atoms with Crippen molar-refractivity contribution in [2.75, 3.05) is 26.7 Å². The van der Waals surface area contributed by atoms with Crippen LogP contribution in [-0.4, -0.2) is 131 Å². The Balaban J connectivity index is 1.61. The van der Waals surface area contributed by atoms with E-state index in [4.69, 9.17) is 11.6 Å². The van der Waals surface area contributed by atoms with E-state index in [9.17, 15) is 51.1 Å². The molecule has 1 saturated carbocycles. The van der Waals surface area contributed by atoms with E-state index in [1.807, 2.05) is 13.8 Å². The van der Waals surface area contributed by atoms with Crippen molar-refractivity contribution in [2.45, 2.75) is 141 Å². The Morgan fingerprint density at radius 3 is 2.30 bits per heavy atom. The minimum Gasteiger partial charge on any atom is -0.354 e. The zero-order chi connectivity index (χ0) is 45.6. The molecule has 1 aliphatic carbocycles. The van der Waals surface area contributed by atoms with Crippen molar-refractivity contribution < 1.29 is 51.1 Å². The quantitative estimate of drug-likeness (QED) is 0.245. The number of amides is 7. The number of carbonyl (C=O) groups excluding carboxylic acids is 7. The normalized spacial score (nSPS) is 25.6. The van der Waals surface area contributed by atoms with Gasteiger partial charge in [-0.1, -0.05) is 37.6 Å². The number of rotatable bonds is 11. The van der Waals surface area contributed by atoms with Crippen LogP contribution in [0.4, 0.5) is 17.6 Å². The van der Waals surface area contributed by atoms with Crippen molar-refractivity contribution in [3.63, 3.8) is 0 Å². The Morgan fingerprint density at radius 2 is 1.70 bits per heavy atom. The summed E-state index contributed by atoms with van der Waals surface area (Å²) < 4.78 is 56.4. The molecule has 4 rings (SSSR count). The van der Waals surface area contributed by atoms with Gasteiger partial charge in [0.25, 0.3) is 0 Å². The Labute approximate surface area is 359 Å². The van der Waals surface area contributed by atoms with Crippen LogP contribution < -0.4 is 21.3 Å². The molecular weight excluding hydrogens is 826 g/mol. The SMILES string of the molecule is CCN1C(=O)[C@H](CC(C)C)NC(=O)[C@@H](N(C)C(=O)[C@H](C)NC(=O)[C@@H]2C[C@@H](F)CN2C(=O)C(C2CC2)C(F)(F)F)CCCCNC(=O)C(C)(C)NC(=O)[C@@H]1Cc1cccc(Cl)c1. The number of hydrogen-bond donors (Lipinski definition) is 4. The number of hydrogen-bond acceptors (Lipinski definition) is 7. The first-order chi connectivity index (χ1) is 28.5. The molecule has 0 spiro atoms. The van der Waals surface area contributed by atoms with Gasteiger partial charge in [-0.25, -0.2) is 4.39 Å². The summed E-state index contributed by atoms with van der Waals surface area (Å²) in [7, 11) is 1.33. The summed E-state index contributed by atoms with van der Waals surface area (Å²) in [5.74, 6) is -8.98. The Bertz CT molecular complexity index is 1800. The van der Waals surface area contributed by atoms with E-state index in [0.29, 0.717) is 28.3 Å². The molecule has 2 aliphatic heterocycles. The molecule has 3 aliphatic rings. The maximum atomic E-state index is 14.7. The second-order valence-electron chi connectivity index (χ2n) is 17.4. The van der Waals surface area contributed by atoms with Gasteiger partial charge in [0.15, 0.2) is 0 Å². The number of alkyl halides is 4. The first-order valence-electron chi connectivity index (χ1n) is 21.0. The van der Waals surface area contributed by atoms with E-state index in [1.165, 1.54) is 18.9 Å². The van der Waals surface area contributed by atoms with Gasteiger partial charge >= 0.3 is 6.18 Å². The minimum atomic E-state index is -4.88. The topological polar surface area (TPSA) is 177 Å². The summed E-state index contributed by atoms with van der Waals surface area (Å²) in [5.41, 5.74) is -0.753. The van der Waals surface area contributed by atoms with Crippen molar-refractivity contribution in [1.29, 1.82) is 0 Å². The fourth-order valence-corrected chi connectivity index (χ4v) is 8.29. The largest absolute Gasteiger partial charge is 0.400 e. The predicted octanol–water partition coefficient (Wildman–Crippen LogP) is 3.68. The van der Waals surface area contributed by atoms with Crippen LogP contribution in [0.2, 0.25) is 5.02 Å². The van der Waals surface area contributed by atoms with Crippen LogP contribution in [0.3, 0.4) is 0 Å². The van der Waals surface area contributed by atoms with Crippen molar-refractivity contribution in [2.24, 2.45) is 17.8 Å². The number of nitrogens with zero attached hydrogens (tertiary/aromatic N) is 3. The van der Waals surface area contributed by atoms with Gasteiger partial charge in [-0.2, -0.15) is 13.2 Å². The second-order valence-corrected chi connectivity index (χ2v) is 17.9. The Hall–Kier alpha value is -4.48. The summed E-state index contributed by atoms with van der Waals surface area (Å²) >= 11 is 6.27. The van der Waals surface area contributed by atoms with E-state index in [-0.39, 0.29) is 51.1 Å². The van der Waals surface area contributed by atoms with Gasteiger partial charge in [0.05, 0.1) is 6.54 Å². The highest BCUT2D eigenvalue weighted by Gasteiger charge is 2.56. The highest BCUT2D eigenvalue weighted by Crippen LogP contribution is 2.46. The zero-order valence-electron chi connectivity index (χ0n) is 35.9. The third-order valence-electron chi connectivity index (χ3n) is 11.5. The van der Waals surface area contributed by atoms with Crippen molar-refractivity contribution in [3.8, 4) is 0 Å². The second kappa shape index (κ2) is 20.6. The molecule has 0 aromatic heterocycles. The van der Waals surface area contributed by atoms with Gasteiger partial charge in [-0.05, 0) is 95.8 Å². The molecule has 61 heavy (non-hydrogen) atoms. The van der Waals surface area contributed by atoms with Crippen LogP contribution in [-0.2, 0) is 40.0 Å². The van der Waals surface area contributed by atoms with E-state index in [0.717, 1.165) is 4.90 Å². The fraction of sp³-hybridized carbons (Fsp3) is 0.690. The number of halogens is 5. The van der Waals surface area contributed by atoms with Crippen LogP contribution in [0, 0.1) is 17.8 Å². The van der Waals surface area contributed by atoms with Gasteiger partial charge in [-0.3, -0.25) is 33.6 Å². The van der Waals surface area contributed by atoms with Crippen LogP contribution in [0.5, 0.6) is 0 Å². The molecule has 1 aromatic carbocycles. The number of likely N-dealkylation sites (N-methyl/N-ethyl adjacent to an activating group) is 2. The number of benzene rings is 1. The molecule has 3 fully saturated rings. The van der Waals surface area contributed by atoms with Gasteiger partial charge in [-0.15, -0.1) is 0 Å². The van der Waals surface area contributed by atoms with Crippen LogP contribution in [0.25, 0.3) is 0 Å². The maximum absolute atomic E-state index is 14.7. The van der Waals surface area contributed by atoms with Gasteiger partial charge < -0.3 is 36.0 Å². The molecule has 340 valence electrons. The summed E-state index contributed by atoms with van der Waals surface area (Å²) in [6.45, 7) is 9.26. The number of nitrogens with one attached hydrogen (secondary N) is 4. The average molecular weight is 886 g/mol. The molecular formula is C42H60ClF4N7O7. The molecule has 2 heterocycles. The van der Waals surface area contributed by atoms with Crippen LogP contribution in [0.15, 0.2) is 24.3 Å². The summed E-state index contributed by atoms with van der Waals surface area (Å²) in [6.07, 6.45) is -5.95. The summed E-state index contributed by atoms with van der Waals surface area (Å²) in [5, 5.41) is 11.3. The molecule has 7 amide bonds. The highest BCUT2D eigenvalue weighted by atomic mass is 35.5. The van der Waals surface area contributed by atoms with Gasteiger partial charge in [0.1, 0.15) is 47.8 Å². The van der Waals surface area contributed by atoms with Crippen LogP contribution in [0.1, 0.15) is 92.1 Å². The molecule has 1 aromatic rings. The van der Waals surface area contributed by atoms with Gasteiger partial charge in [0, 0.05) is 38.0 Å². The maximum Gasteiger partial charge on any atom is 0.400 e. The molecule has 14 nitrogen and oxygen atoms in total. The number of carbonyl (C=O) groups is 7. The standard InChI is InChI=1S/C42H60ClF4N7O7/c1-8-53-31(20-25-12-11-13-27(43)19-25)36(57)51-41(5,6)40(61)48-17-10-9-14-30(34(55)50-29(38(53)59)18-23(2)3)52(7)37(58)24(4)49-35(56)32-21-28(44)22-54(32)39(60)33(26-15-16-26)42(45,46)47/h11-13,19,23-24,26,28-33H,8-10,14-18,20-22H2,1-7H3,(H,48,61)(H,49,56)(H,50,55)(H,51,57)/t24-,28+,29-,30-,31-,32-,33?/m0/s1. The summed E-state index contributed by atoms with van der Waals surface area (Å²) in [6, 6.07) is 0.300. The lowest BCUT2D eigenvalue weighted by molar-refractivity contribution is -0.194. The lowest BCUT2D eigenvalue weighted by Crippen LogP contribution is -2.63. The van der Waals surface area contributed by atoms with Crippen LogP contribution >= 0.6 is 11.6 Å². The Morgan fingerprint density at radius 1 is 1.03 bits per heavy atom. The summed E-state index contributed by atoms with van der Waals surface area (Å²) in [4.78, 5) is 100.0. The minimum absolute atomic E-state index is 0.0255. The molecule has 1 unspecified atom stereocenters. The van der Waals surface area contributed by atoms with E-state index >= 15 is 0 Å². The molecule has 0 bridgehead atoms. The van der Waals surface area contributed by atoms with Crippen molar-refractivity contribution in [1.82, 2.24) is 36.0 Å². The molecule has 2 saturated heterocycles. The monoisotopic (exact) mass is 885 g/mol. The fourth-order valence-electron chi connectivity index (χ4n) is 8.08. The first-order valence-corrected chi connectivity index (χ1v) is 21.4. The highest BCUT2D eigenvalue weighted by molar-refractivity contribution is 6.30. The van der Waals surface area contributed by atoms with E-state index in [1.54, 1.807) is 45.0 Å². The van der Waals surface area contributed by atoms with E-state index < -0.39 is 114 Å². The molecule has 4 N–H and O–H groups in total. The van der Waals surface area contributed by atoms with Gasteiger partial charge in [0.2, 0.25) is 41.4 Å². The lowest BCUT2D eigenvalue weighted by Gasteiger charge is -2.37. The first kappa shape index (κ1) is 49.2. The average Bonchev–Trinajstić information content (AvgIpc) is 3.91. The third kappa shape index (κ3) is 12.8. The molecule has 0 radical (unpaired) electrons. The molecule has 7 atom stereocenters. The van der Waals surface area contributed by atoms with Crippen molar-refractivity contribution in [3.05, 3.63) is 34.9 Å². The van der Waals surface area contributed by atoms with Crippen molar-refractivity contribution >= 4 is 53.0 Å². The molecule has 19 heteroatoms. The smallest absolute Gasteiger partial charge is 0.354 e. The number of likely N-dealkylation sites (tertiary alicyclic amines) is 1.